The molecule has 0 aromatic rings. The summed E-state index contributed by atoms with van der Waals surface area (Å²) in [5, 5.41) is 0. The van der Waals surface area contributed by atoms with Gasteiger partial charge in [0.15, 0.2) is 11.6 Å². The van der Waals surface area contributed by atoms with Crippen molar-refractivity contribution in [2.24, 2.45) is 0 Å². The summed E-state index contributed by atoms with van der Waals surface area (Å²) in [5.74, 6) is -0.645. The molecular formula is C7H14O2. The molecule has 0 aromatic heterocycles. The number of hydrogen-bond acceptors (Lipinski definition) is 2. The molecule has 0 unspecified atom stereocenters. The van der Waals surface area contributed by atoms with Crippen molar-refractivity contribution in [1.29, 1.82) is 0 Å². The molecule has 0 spiro atoms. The lowest BCUT2D eigenvalue weighted by Crippen LogP contribution is -2.57. The summed E-state index contributed by atoms with van der Waals surface area (Å²) >= 11 is 0. The van der Waals surface area contributed by atoms with E-state index in [2.05, 4.69) is 6.92 Å². The first-order valence-corrected chi connectivity index (χ1v) is 3.38. The highest BCUT2D eigenvalue weighted by Crippen LogP contribution is 2.38. The van der Waals surface area contributed by atoms with Gasteiger partial charge in [0, 0.05) is 0 Å². The molecule has 2 nitrogen and oxygen atoms in total. The second-order valence-corrected chi connectivity index (χ2v) is 3.09. The fourth-order valence-electron chi connectivity index (χ4n) is 1.19. The average Bonchev–Trinajstić information content (AvgIpc) is 1.61. The first kappa shape index (κ1) is 7.03. The third kappa shape index (κ3) is 1.25. The topological polar surface area (TPSA) is 18.5 Å². The van der Waals surface area contributed by atoms with E-state index >= 15 is 0 Å². The van der Waals surface area contributed by atoms with Crippen molar-refractivity contribution in [2.45, 2.75) is 45.7 Å². The van der Waals surface area contributed by atoms with Crippen molar-refractivity contribution >= 4 is 0 Å². The molecule has 1 fully saturated rings. The van der Waals surface area contributed by atoms with Gasteiger partial charge >= 0.3 is 0 Å². The van der Waals surface area contributed by atoms with Crippen LogP contribution >= 0.6 is 0 Å². The molecule has 0 atom stereocenters. The quantitative estimate of drug-likeness (QED) is 0.539. The zero-order valence-electron chi connectivity index (χ0n) is 6.52. The van der Waals surface area contributed by atoms with E-state index < -0.39 is 0 Å². The maximum absolute atomic E-state index is 5.44. The van der Waals surface area contributed by atoms with Crippen molar-refractivity contribution in [2.75, 3.05) is 0 Å². The molecule has 1 aliphatic rings. The van der Waals surface area contributed by atoms with Crippen LogP contribution in [0.25, 0.3) is 0 Å². The summed E-state index contributed by atoms with van der Waals surface area (Å²) in [6.07, 6.45) is 0.913. The van der Waals surface area contributed by atoms with Crippen molar-refractivity contribution in [3.05, 3.63) is 0 Å². The van der Waals surface area contributed by atoms with Crippen LogP contribution in [-0.2, 0) is 9.47 Å². The Morgan fingerprint density at radius 2 is 1.56 bits per heavy atom. The second-order valence-electron chi connectivity index (χ2n) is 3.09. The summed E-state index contributed by atoms with van der Waals surface area (Å²) < 4.78 is 10.9. The summed E-state index contributed by atoms with van der Waals surface area (Å²) in [5.41, 5.74) is 0. The van der Waals surface area contributed by atoms with Gasteiger partial charge in [-0.1, -0.05) is 6.92 Å². The van der Waals surface area contributed by atoms with Gasteiger partial charge in [0.2, 0.25) is 0 Å². The zero-order chi connectivity index (χ0) is 7.12. The van der Waals surface area contributed by atoms with Gasteiger partial charge in [-0.15, -0.1) is 0 Å². The third-order valence-corrected chi connectivity index (χ3v) is 1.57. The minimum absolute atomic E-state index is 0.302. The molecule has 1 saturated heterocycles. The van der Waals surface area contributed by atoms with Crippen LogP contribution in [0.15, 0.2) is 0 Å². The molecule has 0 radical (unpaired) electrons. The van der Waals surface area contributed by atoms with E-state index in [9.17, 15) is 0 Å². The van der Waals surface area contributed by atoms with Crippen LogP contribution in [-0.4, -0.2) is 11.6 Å². The van der Waals surface area contributed by atoms with Gasteiger partial charge in [-0.05, 0) is 27.2 Å². The maximum Gasteiger partial charge on any atom is 0.172 e. The predicted molar refractivity (Wildman–Crippen MR) is 34.9 cm³/mol. The van der Waals surface area contributed by atoms with E-state index in [0.29, 0.717) is 0 Å². The van der Waals surface area contributed by atoms with Crippen LogP contribution in [0.3, 0.4) is 0 Å². The Morgan fingerprint density at radius 3 is 1.67 bits per heavy atom. The van der Waals surface area contributed by atoms with Gasteiger partial charge in [0.1, 0.15) is 0 Å². The van der Waals surface area contributed by atoms with Crippen LogP contribution in [0.2, 0.25) is 0 Å². The van der Waals surface area contributed by atoms with E-state index in [-0.39, 0.29) is 11.6 Å². The smallest absolute Gasteiger partial charge is 0.172 e. The van der Waals surface area contributed by atoms with E-state index in [0.717, 1.165) is 6.42 Å². The zero-order valence-corrected chi connectivity index (χ0v) is 6.52. The van der Waals surface area contributed by atoms with E-state index in [1.807, 2.05) is 20.8 Å². The summed E-state index contributed by atoms with van der Waals surface area (Å²) in [7, 11) is 0. The Balaban J connectivity index is 2.41. The monoisotopic (exact) mass is 130 g/mol. The average molecular weight is 130 g/mol. The highest BCUT2D eigenvalue weighted by atomic mass is 16.9. The Hall–Kier alpha value is -0.0800. The SMILES string of the molecule is CCC1(C)OC(C)(C)O1. The highest BCUT2D eigenvalue weighted by molar-refractivity contribution is 4.77. The molecule has 1 aliphatic heterocycles. The van der Waals surface area contributed by atoms with Gasteiger partial charge in [0.25, 0.3) is 0 Å². The van der Waals surface area contributed by atoms with Crippen LogP contribution in [0.5, 0.6) is 0 Å². The molecule has 0 aromatic carbocycles. The lowest BCUT2D eigenvalue weighted by Gasteiger charge is -2.50. The Bertz CT molecular complexity index is 110. The van der Waals surface area contributed by atoms with E-state index in [4.69, 9.17) is 9.47 Å². The van der Waals surface area contributed by atoms with Crippen LogP contribution in [0.4, 0.5) is 0 Å². The predicted octanol–water partition coefficient (Wildman–Crippen LogP) is 1.90. The first-order valence-electron chi connectivity index (χ1n) is 3.38. The van der Waals surface area contributed by atoms with E-state index in [1.54, 1.807) is 0 Å². The minimum atomic E-state index is -0.342. The largest absolute Gasteiger partial charge is 0.319 e. The lowest BCUT2D eigenvalue weighted by atomic mass is 10.1. The summed E-state index contributed by atoms with van der Waals surface area (Å²) in [6.45, 7) is 7.85. The first-order chi connectivity index (χ1) is 3.97. The fraction of sp³-hybridized carbons (Fsp3) is 1.00. The molecule has 1 rings (SSSR count). The van der Waals surface area contributed by atoms with Crippen molar-refractivity contribution in [1.82, 2.24) is 0 Å². The van der Waals surface area contributed by atoms with E-state index in [1.165, 1.54) is 0 Å². The van der Waals surface area contributed by atoms with Crippen LogP contribution in [0.1, 0.15) is 34.1 Å². The van der Waals surface area contributed by atoms with Gasteiger partial charge in [0.05, 0.1) is 0 Å². The molecule has 2 heteroatoms. The molecule has 0 saturated carbocycles. The van der Waals surface area contributed by atoms with Crippen molar-refractivity contribution in [3.8, 4) is 0 Å². The normalized spacial score (nSPS) is 29.3. The number of rotatable bonds is 1. The highest BCUT2D eigenvalue weighted by Gasteiger charge is 2.46. The summed E-state index contributed by atoms with van der Waals surface area (Å²) in [4.78, 5) is 0. The molecule has 0 N–H and O–H groups in total. The molecule has 0 amide bonds. The summed E-state index contributed by atoms with van der Waals surface area (Å²) in [6, 6.07) is 0. The number of hydrogen-bond donors (Lipinski definition) is 0. The Morgan fingerprint density at radius 1 is 1.11 bits per heavy atom. The molecule has 1 heterocycles. The molecule has 54 valence electrons. The molecule has 0 bridgehead atoms. The van der Waals surface area contributed by atoms with Gasteiger partial charge in [-0.2, -0.15) is 0 Å². The van der Waals surface area contributed by atoms with Gasteiger partial charge in [-0.3, -0.25) is 0 Å². The van der Waals surface area contributed by atoms with Crippen LogP contribution < -0.4 is 0 Å². The standard InChI is InChI=1S/C7H14O2/c1-5-7(4)8-6(2,3)9-7/h5H2,1-4H3. The number of ether oxygens (including phenoxy) is 2. The third-order valence-electron chi connectivity index (χ3n) is 1.57. The Kier molecular flexibility index (Phi) is 1.33. The molecular weight excluding hydrogens is 116 g/mol. The lowest BCUT2D eigenvalue weighted by molar-refractivity contribution is -0.491. The van der Waals surface area contributed by atoms with Crippen LogP contribution in [0, 0.1) is 0 Å². The molecule has 0 aliphatic carbocycles. The minimum Gasteiger partial charge on any atom is -0.319 e. The van der Waals surface area contributed by atoms with Crippen molar-refractivity contribution < 1.29 is 9.47 Å². The van der Waals surface area contributed by atoms with Gasteiger partial charge < -0.3 is 9.47 Å². The molecule has 9 heavy (non-hydrogen) atoms. The Labute approximate surface area is 56.2 Å². The second kappa shape index (κ2) is 1.70. The fourth-order valence-corrected chi connectivity index (χ4v) is 1.19. The maximum atomic E-state index is 5.44. The van der Waals surface area contributed by atoms with Gasteiger partial charge in [-0.25, -0.2) is 0 Å². The van der Waals surface area contributed by atoms with Crippen molar-refractivity contribution in [3.63, 3.8) is 0 Å².